The lowest BCUT2D eigenvalue weighted by Crippen LogP contribution is -2.28. The van der Waals surface area contributed by atoms with Crippen molar-refractivity contribution in [3.8, 4) is 17.2 Å². The third kappa shape index (κ3) is 5.63. The van der Waals surface area contributed by atoms with Crippen LogP contribution < -0.4 is 25.2 Å². The highest BCUT2D eigenvalue weighted by Crippen LogP contribution is 2.26. The summed E-state index contributed by atoms with van der Waals surface area (Å²) < 4.78 is 21.4. The fourth-order valence-corrected chi connectivity index (χ4v) is 2.79. The number of para-hydroxylation sites is 2. The molecule has 0 aliphatic heterocycles. The number of amides is 1. The van der Waals surface area contributed by atoms with Crippen LogP contribution in [0.3, 0.4) is 0 Å². The average Bonchev–Trinajstić information content (AvgIpc) is 2.76. The summed E-state index contributed by atoms with van der Waals surface area (Å²) in [5.74, 6) is 0.0234. The third-order valence-corrected chi connectivity index (χ3v) is 4.21. The number of rotatable bonds is 9. The molecule has 0 aliphatic carbocycles. The predicted molar refractivity (Wildman–Crippen MR) is 114 cm³/mol. The maximum absolute atomic E-state index is 12.2. The molecule has 3 rings (SSSR count). The van der Waals surface area contributed by atoms with E-state index in [4.69, 9.17) is 18.6 Å². The highest BCUT2D eigenvalue weighted by atomic mass is 16.6. The number of benzene rings is 2. The zero-order valence-corrected chi connectivity index (χ0v) is 17.3. The van der Waals surface area contributed by atoms with Crippen LogP contribution in [-0.2, 0) is 4.79 Å². The van der Waals surface area contributed by atoms with E-state index in [1.54, 1.807) is 36.4 Å². The van der Waals surface area contributed by atoms with Crippen molar-refractivity contribution in [3.63, 3.8) is 0 Å². The summed E-state index contributed by atoms with van der Waals surface area (Å²) >= 11 is 0. The number of fused-ring (bicyclic) bond motifs is 1. The molecule has 0 saturated heterocycles. The molecule has 31 heavy (non-hydrogen) atoms. The highest BCUT2D eigenvalue weighted by Gasteiger charge is 2.15. The second-order valence-electron chi connectivity index (χ2n) is 6.55. The van der Waals surface area contributed by atoms with Gasteiger partial charge < -0.3 is 23.9 Å². The Morgan fingerprint density at radius 1 is 1.00 bits per heavy atom. The summed E-state index contributed by atoms with van der Waals surface area (Å²) in [5, 5.41) is 3.17. The molecule has 162 valence electrons. The number of nitrogens with one attached hydrogen (secondary N) is 1. The van der Waals surface area contributed by atoms with Gasteiger partial charge in [0, 0.05) is 18.0 Å². The van der Waals surface area contributed by atoms with E-state index in [0.29, 0.717) is 30.0 Å². The van der Waals surface area contributed by atoms with Crippen LogP contribution in [-0.4, -0.2) is 31.6 Å². The Labute approximate surface area is 178 Å². The fourth-order valence-electron chi connectivity index (χ4n) is 2.79. The summed E-state index contributed by atoms with van der Waals surface area (Å²) in [5.41, 5.74) is -0.641. The van der Waals surface area contributed by atoms with E-state index in [-0.39, 0.29) is 23.5 Å². The smallest absolute Gasteiger partial charge is 0.349 e. The van der Waals surface area contributed by atoms with Crippen LogP contribution >= 0.6 is 0 Å². The number of carbonyl (C=O) groups is 2. The van der Waals surface area contributed by atoms with Crippen LogP contribution in [0.2, 0.25) is 0 Å². The summed E-state index contributed by atoms with van der Waals surface area (Å²) in [4.78, 5) is 36.4. The molecule has 0 unspecified atom stereocenters. The minimum Gasteiger partial charge on any atom is -0.490 e. The summed E-state index contributed by atoms with van der Waals surface area (Å²) in [6, 6.07) is 13.0. The van der Waals surface area contributed by atoms with E-state index < -0.39 is 17.5 Å². The maximum Gasteiger partial charge on any atom is 0.349 e. The average molecular weight is 425 g/mol. The Hall–Kier alpha value is -3.81. The van der Waals surface area contributed by atoms with Gasteiger partial charge in [0.25, 0.3) is 5.91 Å². The zero-order chi connectivity index (χ0) is 22.2. The largest absolute Gasteiger partial charge is 0.490 e. The second kappa shape index (κ2) is 10.3. The van der Waals surface area contributed by atoms with E-state index in [2.05, 4.69) is 5.32 Å². The van der Waals surface area contributed by atoms with Crippen LogP contribution in [0.25, 0.3) is 11.0 Å². The second-order valence-corrected chi connectivity index (χ2v) is 6.55. The topological polar surface area (TPSA) is 104 Å². The molecule has 0 radical (unpaired) electrons. The number of hydrogen-bond donors (Lipinski definition) is 1. The van der Waals surface area contributed by atoms with Crippen LogP contribution in [0, 0.1) is 0 Å². The van der Waals surface area contributed by atoms with E-state index in [1.807, 2.05) is 13.8 Å². The Balaban J connectivity index is 1.68. The Morgan fingerprint density at radius 3 is 2.45 bits per heavy atom. The molecule has 8 nitrogen and oxygen atoms in total. The zero-order valence-electron chi connectivity index (χ0n) is 17.3. The molecule has 1 amide bonds. The van der Waals surface area contributed by atoms with Crippen molar-refractivity contribution in [1.29, 1.82) is 0 Å². The molecule has 1 N–H and O–H groups in total. The van der Waals surface area contributed by atoms with Crippen molar-refractivity contribution in [2.45, 2.75) is 20.3 Å². The number of hydrogen-bond acceptors (Lipinski definition) is 7. The summed E-state index contributed by atoms with van der Waals surface area (Å²) in [6.07, 6.45) is 0.750. The van der Waals surface area contributed by atoms with Crippen LogP contribution in [0.4, 0.5) is 0 Å². The van der Waals surface area contributed by atoms with Crippen molar-refractivity contribution in [2.75, 3.05) is 19.8 Å². The van der Waals surface area contributed by atoms with Gasteiger partial charge in [0.15, 0.2) is 18.1 Å². The van der Waals surface area contributed by atoms with Crippen molar-refractivity contribution >= 4 is 22.8 Å². The first-order valence-corrected chi connectivity index (χ1v) is 9.93. The quantitative estimate of drug-likeness (QED) is 0.319. The van der Waals surface area contributed by atoms with Crippen LogP contribution in [0.5, 0.6) is 17.2 Å². The molecule has 0 saturated carbocycles. The number of carbonyl (C=O) groups excluding carboxylic acids is 2. The first-order chi connectivity index (χ1) is 15.0. The van der Waals surface area contributed by atoms with Crippen LogP contribution in [0.1, 0.15) is 30.6 Å². The van der Waals surface area contributed by atoms with Crippen LogP contribution in [0.15, 0.2) is 57.7 Å². The first-order valence-electron chi connectivity index (χ1n) is 9.93. The Bertz CT molecular complexity index is 1140. The standard InChI is InChI=1S/C23H23NO7/c1-3-11-24-22(26)17-12-15-9-10-16(13-20(15)31-23(17)27)30-21(25)14-29-19-8-6-5-7-18(19)28-4-2/h5-10,12-13H,3-4,11,14H2,1-2H3,(H,24,26). The van der Waals surface area contributed by atoms with Crippen molar-refractivity contribution in [1.82, 2.24) is 5.32 Å². The molecule has 8 heteroatoms. The molecule has 0 fully saturated rings. The molecule has 0 atom stereocenters. The van der Waals surface area contributed by atoms with Crippen molar-refractivity contribution < 1.29 is 28.2 Å². The fraction of sp³-hybridized carbons (Fsp3) is 0.261. The minimum atomic E-state index is -0.763. The van der Waals surface area contributed by atoms with Gasteiger partial charge in [0.1, 0.15) is 16.9 Å². The molecular formula is C23H23NO7. The predicted octanol–water partition coefficient (Wildman–Crippen LogP) is 3.32. The molecule has 0 bridgehead atoms. The van der Waals surface area contributed by atoms with Gasteiger partial charge in [-0.05, 0) is 43.7 Å². The number of ether oxygens (including phenoxy) is 3. The SMILES string of the molecule is CCCNC(=O)c1cc2ccc(OC(=O)COc3ccccc3OCC)cc2oc1=O. The lowest BCUT2D eigenvalue weighted by molar-refractivity contribution is -0.136. The lowest BCUT2D eigenvalue weighted by Gasteiger charge is -2.11. The van der Waals surface area contributed by atoms with Crippen molar-refractivity contribution in [3.05, 3.63) is 64.5 Å². The molecule has 1 aromatic heterocycles. The van der Waals surface area contributed by atoms with E-state index in [0.717, 1.165) is 6.42 Å². The van der Waals surface area contributed by atoms with E-state index in [1.165, 1.54) is 12.1 Å². The Morgan fingerprint density at radius 2 is 1.74 bits per heavy atom. The Kier molecular flexibility index (Phi) is 7.26. The third-order valence-electron chi connectivity index (χ3n) is 4.21. The monoisotopic (exact) mass is 425 g/mol. The summed E-state index contributed by atoms with van der Waals surface area (Å²) in [6.45, 7) is 4.36. The van der Waals surface area contributed by atoms with Gasteiger partial charge in [-0.15, -0.1) is 0 Å². The lowest BCUT2D eigenvalue weighted by atomic mass is 10.1. The molecule has 3 aromatic rings. The van der Waals surface area contributed by atoms with Crippen molar-refractivity contribution in [2.24, 2.45) is 0 Å². The van der Waals surface area contributed by atoms with E-state index >= 15 is 0 Å². The van der Waals surface area contributed by atoms with Gasteiger partial charge in [-0.25, -0.2) is 9.59 Å². The van der Waals surface area contributed by atoms with Gasteiger partial charge in [0.05, 0.1) is 6.61 Å². The normalized spacial score (nSPS) is 10.5. The molecule has 0 aliphatic rings. The molecule has 1 heterocycles. The molecular weight excluding hydrogens is 402 g/mol. The van der Waals surface area contributed by atoms with Gasteiger partial charge >= 0.3 is 11.6 Å². The maximum atomic E-state index is 12.2. The van der Waals surface area contributed by atoms with E-state index in [9.17, 15) is 14.4 Å². The summed E-state index contributed by atoms with van der Waals surface area (Å²) in [7, 11) is 0. The van der Waals surface area contributed by atoms with Gasteiger partial charge in [-0.2, -0.15) is 0 Å². The molecule has 2 aromatic carbocycles. The molecule has 0 spiro atoms. The van der Waals surface area contributed by atoms with Gasteiger partial charge in [-0.3, -0.25) is 4.79 Å². The van der Waals surface area contributed by atoms with Gasteiger partial charge in [-0.1, -0.05) is 19.1 Å². The minimum absolute atomic E-state index is 0.0768. The first kappa shape index (κ1) is 21.9. The van der Waals surface area contributed by atoms with Gasteiger partial charge in [0.2, 0.25) is 0 Å². The number of esters is 1. The highest BCUT2D eigenvalue weighted by molar-refractivity contribution is 5.96.